The molecule has 1 saturated heterocycles. The highest BCUT2D eigenvalue weighted by Gasteiger charge is 2.28. The number of aryl methyl sites for hydroxylation is 2. The number of nitrogens with one attached hydrogen (secondary N) is 1. The van der Waals surface area contributed by atoms with Crippen molar-refractivity contribution in [3.63, 3.8) is 0 Å². The number of piperazine rings is 1. The maximum atomic E-state index is 4.56. The Balaban J connectivity index is 2.23. The minimum Gasteiger partial charge on any atom is -0.363 e. The number of nitrogens with zero attached hydrogens (tertiary/aromatic N) is 3. The van der Waals surface area contributed by atoms with Crippen LogP contribution in [0.5, 0.6) is 0 Å². The highest BCUT2D eigenvalue weighted by Crippen LogP contribution is 2.25. The summed E-state index contributed by atoms with van der Waals surface area (Å²) in [5, 5.41) is 8.21. The molecule has 0 bridgehead atoms. The topological polar surface area (TPSA) is 33.1 Å². The van der Waals surface area contributed by atoms with Gasteiger partial charge in [0, 0.05) is 38.4 Å². The number of aromatic nitrogens is 2. The van der Waals surface area contributed by atoms with E-state index in [-0.39, 0.29) is 0 Å². The Morgan fingerprint density at radius 2 is 2.22 bits per heavy atom. The lowest BCUT2D eigenvalue weighted by molar-refractivity contribution is 0.336. The molecule has 0 amide bonds. The summed E-state index contributed by atoms with van der Waals surface area (Å²) in [6, 6.07) is 1.11. The molecular formula is C14H26N4. The number of rotatable bonds is 3. The van der Waals surface area contributed by atoms with Crippen LogP contribution in [0.25, 0.3) is 0 Å². The third kappa shape index (κ3) is 2.53. The van der Waals surface area contributed by atoms with E-state index in [0.29, 0.717) is 18.0 Å². The van der Waals surface area contributed by atoms with Gasteiger partial charge in [0.05, 0.1) is 11.4 Å². The van der Waals surface area contributed by atoms with Gasteiger partial charge in [-0.25, -0.2) is 0 Å². The molecule has 2 unspecified atom stereocenters. The van der Waals surface area contributed by atoms with Crippen LogP contribution in [0.3, 0.4) is 0 Å². The Bertz CT molecular complexity index is 396. The first kappa shape index (κ1) is 13.4. The Kier molecular flexibility index (Phi) is 3.95. The second-order valence-corrected chi connectivity index (χ2v) is 5.75. The molecule has 1 N–H and O–H groups in total. The standard InChI is InChI=1S/C14H26N4/c1-6-12-14(9-17(5)16-12)18-8-13(10(2)3)15-7-11(18)4/h9-11,13,15H,6-8H2,1-5H3. The van der Waals surface area contributed by atoms with Gasteiger partial charge in [0.15, 0.2) is 0 Å². The number of anilines is 1. The maximum Gasteiger partial charge on any atom is 0.0855 e. The molecule has 2 heterocycles. The molecule has 0 aromatic carbocycles. The Morgan fingerprint density at radius 3 is 2.83 bits per heavy atom. The van der Waals surface area contributed by atoms with Gasteiger partial charge in [-0.2, -0.15) is 5.10 Å². The molecule has 1 aliphatic heterocycles. The molecular weight excluding hydrogens is 224 g/mol. The van der Waals surface area contributed by atoms with Crippen LogP contribution in [0.2, 0.25) is 0 Å². The van der Waals surface area contributed by atoms with Crippen molar-refractivity contribution in [2.75, 3.05) is 18.0 Å². The number of hydrogen-bond acceptors (Lipinski definition) is 3. The zero-order valence-electron chi connectivity index (χ0n) is 12.3. The second kappa shape index (κ2) is 5.31. The first-order valence-electron chi connectivity index (χ1n) is 7.05. The summed E-state index contributed by atoms with van der Waals surface area (Å²) >= 11 is 0. The minimum absolute atomic E-state index is 0.537. The molecule has 4 nitrogen and oxygen atoms in total. The molecule has 2 rings (SSSR count). The smallest absolute Gasteiger partial charge is 0.0855 e. The van der Waals surface area contributed by atoms with Crippen molar-refractivity contribution in [1.29, 1.82) is 0 Å². The summed E-state index contributed by atoms with van der Waals surface area (Å²) in [7, 11) is 2.01. The van der Waals surface area contributed by atoms with Gasteiger partial charge in [-0.05, 0) is 19.3 Å². The van der Waals surface area contributed by atoms with E-state index in [4.69, 9.17) is 0 Å². The number of hydrogen-bond donors (Lipinski definition) is 1. The zero-order chi connectivity index (χ0) is 13.3. The molecule has 1 fully saturated rings. The second-order valence-electron chi connectivity index (χ2n) is 5.75. The SMILES string of the molecule is CCc1nn(C)cc1N1CC(C(C)C)NCC1C. The summed E-state index contributed by atoms with van der Waals surface area (Å²) in [5.41, 5.74) is 2.54. The van der Waals surface area contributed by atoms with E-state index in [2.05, 4.69) is 49.2 Å². The first-order valence-corrected chi connectivity index (χ1v) is 7.05. The maximum absolute atomic E-state index is 4.56. The zero-order valence-corrected chi connectivity index (χ0v) is 12.3. The van der Waals surface area contributed by atoms with Gasteiger partial charge in [-0.15, -0.1) is 0 Å². The van der Waals surface area contributed by atoms with Crippen molar-refractivity contribution in [1.82, 2.24) is 15.1 Å². The molecule has 1 aromatic heterocycles. The van der Waals surface area contributed by atoms with Crippen LogP contribution in [-0.4, -0.2) is 35.0 Å². The van der Waals surface area contributed by atoms with Crippen LogP contribution in [0, 0.1) is 5.92 Å². The van der Waals surface area contributed by atoms with Crippen LogP contribution in [0.4, 0.5) is 5.69 Å². The van der Waals surface area contributed by atoms with Gasteiger partial charge < -0.3 is 10.2 Å². The average Bonchev–Trinajstić information content (AvgIpc) is 2.70. The molecule has 102 valence electrons. The molecule has 1 aliphatic rings. The van der Waals surface area contributed by atoms with Crippen LogP contribution >= 0.6 is 0 Å². The highest BCUT2D eigenvalue weighted by atomic mass is 15.3. The highest BCUT2D eigenvalue weighted by molar-refractivity contribution is 5.51. The van der Waals surface area contributed by atoms with Crippen LogP contribution < -0.4 is 10.2 Å². The van der Waals surface area contributed by atoms with E-state index in [1.54, 1.807) is 0 Å². The molecule has 2 atom stereocenters. The predicted octanol–water partition coefficient (Wildman–Crippen LogP) is 1.81. The van der Waals surface area contributed by atoms with Crippen molar-refractivity contribution < 1.29 is 0 Å². The van der Waals surface area contributed by atoms with E-state index < -0.39 is 0 Å². The van der Waals surface area contributed by atoms with Gasteiger partial charge in [0.2, 0.25) is 0 Å². The predicted molar refractivity (Wildman–Crippen MR) is 76.0 cm³/mol. The van der Waals surface area contributed by atoms with E-state index in [1.165, 1.54) is 11.4 Å². The largest absolute Gasteiger partial charge is 0.363 e. The van der Waals surface area contributed by atoms with Crippen LogP contribution in [0.1, 0.15) is 33.4 Å². The van der Waals surface area contributed by atoms with Crippen LogP contribution in [-0.2, 0) is 13.5 Å². The molecule has 0 spiro atoms. The van der Waals surface area contributed by atoms with Crippen LogP contribution in [0.15, 0.2) is 6.20 Å². The molecule has 18 heavy (non-hydrogen) atoms. The van der Waals surface area contributed by atoms with Gasteiger partial charge in [-0.1, -0.05) is 20.8 Å². The van der Waals surface area contributed by atoms with Crippen molar-refractivity contribution in [2.45, 2.75) is 46.2 Å². The quantitative estimate of drug-likeness (QED) is 0.888. The Morgan fingerprint density at radius 1 is 1.50 bits per heavy atom. The summed E-state index contributed by atoms with van der Waals surface area (Å²) in [6.45, 7) is 11.2. The minimum atomic E-state index is 0.537. The van der Waals surface area contributed by atoms with Gasteiger partial charge in [0.1, 0.15) is 0 Å². The summed E-state index contributed by atoms with van der Waals surface area (Å²) in [5.74, 6) is 0.668. The van der Waals surface area contributed by atoms with E-state index in [1.807, 2.05) is 11.7 Å². The van der Waals surface area contributed by atoms with Gasteiger partial charge in [0.25, 0.3) is 0 Å². The van der Waals surface area contributed by atoms with Crippen molar-refractivity contribution in [3.8, 4) is 0 Å². The summed E-state index contributed by atoms with van der Waals surface area (Å²) in [6.07, 6.45) is 3.16. The van der Waals surface area contributed by atoms with Gasteiger partial charge in [-0.3, -0.25) is 4.68 Å². The fourth-order valence-corrected chi connectivity index (χ4v) is 2.68. The summed E-state index contributed by atoms with van der Waals surface area (Å²) in [4.78, 5) is 2.52. The Hall–Kier alpha value is -1.03. The van der Waals surface area contributed by atoms with Crippen molar-refractivity contribution in [3.05, 3.63) is 11.9 Å². The molecule has 0 aliphatic carbocycles. The third-order valence-corrected chi connectivity index (χ3v) is 3.93. The normalized spacial score (nSPS) is 24.9. The third-order valence-electron chi connectivity index (χ3n) is 3.93. The molecule has 1 aromatic rings. The fraction of sp³-hybridized carbons (Fsp3) is 0.786. The van der Waals surface area contributed by atoms with E-state index >= 15 is 0 Å². The average molecular weight is 250 g/mol. The van der Waals surface area contributed by atoms with Crippen molar-refractivity contribution in [2.24, 2.45) is 13.0 Å². The fourth-order valence-electron chi connectivity index (χ4n) is 2.68. The lowest BCUT2D eigenvalue weighted by Gasteiger charge is -2.41. The monoisotopic (exact) mass is 250 g/mol. The molecule has 4 heteroatoms. The lowest BCUT2D eigenvalue weighted by Crippen LogP contribution is -2.57. The van der Waals surface area contributed by atoms with Gasteiger partial charge >= 0.3 is 0 Å². The molecule has 0 radical (unpaired) electrons. The summed E-state index contributed by atoms with van der Waals surface area (Å²) < 4.78 is 1.94. The van der Waals surface area contributed by atoms with Crippen molar-refractivity contribution >= 4 is 5.69 Å². The van der Waals surface area contributed by atoms with E-state index in [0.717, 1.165) is 19.5 Å². The Labute approximate surface area is 110 Å². The van der Waals surface area contributed by atoms with E-state index in [9.17, 15) is 0 Å². The first-order chi connectivity index (χ1) is 8.52. The lowest BCUT2D eigenvalue weighted by atomic mass is 9.99. The molecule has 0 saturated carbocycles.